The van der Waals surface area contributed by atoms with Gasteiger partial charge in [0, 0.05) is 54.6 Å². The summed E-state index contributed by atoms with van der Waals surface area (Å²) in [5.74, 6) is 0.393. The molecule has 2 aromatic heterocycles. The molecule has 122 valence electrons. The highest BCUT2D eigenvalue weighted by Crippen LogP contribution is 2.24. The van der Waals surface area contributed by atoms with E-state index in [1.165, 1.54) is 0 Å². The van der Waals surface area contributed by atoms with Crippen molar-refractivity contribution in [3.63, 3.8) is 0 Å². The summed E-state index contributed by atoms with van der Waals surface area (Å²) in [5.41, 5.74) is 2.99. The SMILES string of the molecule is O=C(Cc1cc2cc(-c3cn[nH]c3)ccc2cn1)C1CCOCC1. The molecule has 3 heterocycles. The van der Waals surface area contributed by atoms with Crippen molar-refractivity contribution in [3.05, 3.63) is 48.5 Å². The van der Waals surface area contributed by atoms with Crippen LogP contribution in [0.15, 0.2) is 42.9 Å². The van der Waals surface area contributed by atoms with Gasteiger partial charge >= 0.3 is 0 Å². The van der Waals surface area contributed by atoms with Gasteiger partial charge in [0.1, 0.15) is 5.78 Å². The van der Waals surface area contributed by atoms with Crippen molar-refractivity contribution >= 4 is 16.6 Å². The molecule has 4 rings (SSSR count). The first-order valence-electron chi connectivity index (χ1n) is 8.28. The zero-order valence-electron chi connectivity index (χ0n) is 13.4. The maximum absolute atomic E-state index is 12.4. The molecule has 1 saturated heterocycles. The summed E-state index contributed by atoms with van der Waals surface area (Å²) in [6.07, 6.45) is 7.58. The Balaban J connectivity index is 1.58. The topological polar surface area (TPSA) is 67.9 Å². The average molecular weight is 321 g/mol. The molecule has 5 heteroatoms. The molecule has 1 aromatic carbocycles. The average Bonchev–Trinajstić information content (AvgIpc) is 3.16. The fourth-order valence-corrected chi connectivity index (χ4v) is 3.21. The number of carbonyl (C=O) groups is 1. The van der Waals surface area contributed by atoms with Crippen molar-refractivity contribution in [2.45, 2.75) is 19.3 Å². The fraction of sp³-hybridized carbons (Fsp3) is 0.316. The number of H-pyrrole nitrogens is 1. The lowest BCUT2D eigenvalue weighted by molar-refractivity contribution is -0.125. The first kappa shape index (κ1) is 15.0. The summed E-state index contributed by atoms with van der Waals surface area (Å²) in [5, 5.41) is 9.00. The Hall–Kier alpha value is -2.53. The van der Waals surface area contributed by atoms with Gasteiger partial charge in [0.15, 0.2) is 0 Å². The van der Waals surface area contributed by atoms with Gasteiger partial charge in [0.2, 0.25) is 0 Å². The van der Waals surface area contributed by atoms with Gasteiger partial charge in [0.25, 0.3) is 0 Å². The number of pyridine rings is 1. The van der Waals surface area contributed by atoms with Crippen LogP contribution in [0.3, 0.4) is 0 Å². The highest BCUT2D eigenvalue weighted by Gasteiger charge is 2.21. The minimum Gasteiger partial charge on any atom is -0.381 e. The highest BCUT2D eigenvalue weighted by atomic mass is 16.5. The number of nitrogens with one attached hydrogen (secondary N) is 1. The molecule has 1 N–H and O–H groups in total. The summed E-state index contributed by atoms with van der Waals surface area (Å²) in [6, 6.07) is 8.25. The zero-order chi connectivity index (χ0) is 16.4. The van der Waals surface area contributed by atoms with E-state index in [4.69, 9.17) is 4.74 Å². The molecule has 0 atom stereocenters. The van der Waals surface area contributed by atoms with Crippen LogP contribution < -0.4 is 0 Å². The Morgan fingerprint density at radius 2 is 2.00 bits per heavy atom. The minimum absolute atomic E-state index is 0.119. The quantitative estimate of drug-likeness (QED) is 0.801. The van der Waals surface area contributed by atoms with E-state index in [1.807, 2.05) is 18.5 Å². The molecule has 3 aromatic rings. The van der Waals surface area contributed by atoms with Gasteiger partial charge in [-0.1, -0.05) is 12.1 Å². The maximum atomic E-state index is 12.4. The van der Waals surface area contributed by atoms with Crippen molar-refractivity contribution in [1.82, 2.24) is 15.2 Å². The third-order valence-corrected chi connectivity index (χ3v) is 4.64. The summed E-state index contributed by atoms with van der Waals surface area (Å²) in [7, 11) is 0. The highest BCUT2D eigenvalue weighted by molar-refractivity contribution is 5.88. The number of ether oxygens (including phenoxy) is 1. The second-order valence-electron chi connectivity index (χ2n) is 6.25. The number of fused-ring (bicyclic) bond motifs is 1. The van der Waals surface area contributed by atoms with Gasteiger partial charge < -0.3 is 4.74 Å². The monoisotopic (exact) mass is 321 g/mol. The van der Waals surface area contributed by atoms with Gasteiger partial charge in [-0.2, -0.15) is 5.10 Å². The Labute approximate surface area is 140 Å². The number of hydrogen-bond donors (Lipinski definition) is 1. The molecule has 0 radical (unpaired) electrons. The molecule has 0 spiro atoms. The van der Waals surface area contributed by atoms with E-state index < -0.39 is 0 Å². The van der Waals surface area contributed by atoms with Crippen molar-refractivity contribution in [1.29, 1.82) is 0 Å². The molecule has 24 heavy (non-hydrogen) atoms. The Morgan fingerprint density at radius 1 is 1.12 bits per heavy atom. The molecule has 0 saturated carbocycles. The Kier molecular flexibility index (Phi) is 4.09. The third-order valence-electron chi connectivity index (χ3n) is 4.64. The van der Waals surface area contributed by atoms with Crippen LogP contribution in [-0.4, -0.2) is 34.2 Å². The van der Waals surface area contributed by atoms with Crippen LogP contribution in [0.2, 0.25) is 0 Å². The summed E-state index contributed by atoms with van der Waals surface area (Å²) >= 11 is 0. The van der Waals surface area contributed by atoms with Crippen LogP contribution in [0, 0.1) is 5.92 Å². The molecule has 1 fully saturated rings. The van der Waals surface area contributed by atoms with Crippen molar-refractivity contribution in [2.75, 3.05) is 13.2 Å². The Morgan fingerprint density at radius 3 is 2.79 bits per heavy atom. The number of nitrogens with zero attached hydrogens (tertiary/aromatic N) is 2. The molecular weight excluding hydrogens is 302 g/mol. The molecule has 0 amide bonds. The van der Waals surface area contributed by atoms with E-state index in [0.29, 0.717) is 19.6 Å². The predicted molar refractivity (Wildman–Crippen MR) is 91.6 cm³/mol. The van der Waals surface area contributed by atoms with Crippen LogP contribution in [0.25, 0.3) is 21.9 Å². The van der Waals surface area contributed by atoms with E-state index in [1.54, 1.807) is 6.20 Å². The van der Waals surface area contributed by atoms with Gasteiger partial charge in [-0.25, -0.2) is 0 Å². The number of aromatic amines is 1. The number of Topliss-reactive ketones (excluding diaryl/α,β-unsaturated/α-hetero) is 1. The molecule has 1 aliphatic rings. The van der Waals surface area contributed by atoms with Gasteiger partial charge in [-0.05, 0) is 35.9 Å². The molecular formula is C19H19N3O2. The van der Waals surface area contributed by atoms with Crippen molar-refractivity contribution in [3.8, 4) is 11.1 Å². The second kappa shape index (κ2) is 6.53. The van der Waals surface area contributed by atoms with Crippen LogP contribution >= 0.6 is 0 Å². The summed E-state index contributed by atoms with van der Waals surface area (Å²) in [6.45, 7) is 1.38. The minimum atomic E-state index is 0.119. The third kappa shape index (κ3) is 3.08. The maximum Gasteiger partial charge on any atom is 0.142 e. The van der Waals surface area contributed by atoms with Crippen LogP contribution in [0.4, 0.5) is 0 Å². The van der Waals surface area contributed by atoms with Crippen molar-refractivity contribution in [2.24, 2.45) is 5.92 Å². The number of aromatic nitrogens is 3. The first-order chi connectivity index (χ1) is 11.8. The predicted octanol–water partition coefficient (Wildman–Crippen LogP) is 3.16. The number of carbonyl (C=O) groups excluding carboxylic acids is 1. The standard InChI is InChI=1S/C19H19N3O2/c23-19(13-3-5-24-6-4-13)9-18-8-16-7-14(17-11-21-22-12-17)1-2-15(16)10-20-18/h1-2,7-8,10-13H,3-6,9H2,(H,21,22). The summed E-state index contributed by atoms with van der Waals surface area (Å²) in [4.78, 5) is 16.9. The normalized spacial score (nSPS) is 15.7. The van der Waals surface area contributed by atoms with E-state index >= 15 is 0 Å². The summed E-state index contributed by atoms with van der Waals surface area (Å²) < 4.78 is 5.33. The molecule has 1 aliphatic heterocycles. The number of rotatable bonds is 4. The number of hydrogen-bond acceptors (Lipinski definition) is 4. The second-order valence-corrected chi connectivity index (χ2v) is 6.25. The Bertz CT molecular complexity index is 852. The van der Waals surface area contributed by atoms with Gasteiger partial charge in [-0.15, -0.1) is 0 Å². The van der Waals surface area contributed by atoms with E-state index in [9.17, 15) is 4.79 Å². The lowest BCUT2D eigenvalue weighted by atomic mass is 9.92. The van der Waals surface area contributed by atoms with Crippen LogP contribution in [0.5, 0.6) is 0 Å². The largest absolute Gasteiger partial charge is 0.381 e. The van der Waals surface area contributed by atoms with Crippen molar-refractivity contribution < 1.29 is 9.53 Å². The number of ketones is 1. The van der Waals surface area contributed by atoms with Gasteiger partial charge in [0.05, 0.1) is 6.20 Å². The molecule has 0 unspecified atom stereocenters. The zero-order valence-corrected chi connectivity index (χ0v) is 13.4. The van der Waals surface area contributed by atoms with E-state index in [0.717, 1.165) is 40.4 Å². The van der Waals surface area contributed by atoms with Gasteiger partial charge in [-0.3, -0.25) is 14.9 Å². The lowest BCUT2D eigenvalue weighted by Crippen LogP contribution is -2.24. The van der Waals surface area contributed by atoms with Crippen LogP contribution in [0.1, 0.15) is 18.5 Å². The number of benzene rings is 1. The van der Waals surface area contributed by atoms with E-state index in [2.05, 4.69) is 33.4 Å². The fourth-order valence-electron chi connectivity index (χ4n) is 3.21. The van der Waals surface area contributed by atoms with E-state index in [-0.39, 0.29) is 11.7 Å². The molecule has 0 aliphatic carbocycles. The van der Waals surface area contributed by atoms with Crippen LogP contribution in [-0.2, 0) is 16.0 Å². The lowest BCUT2D eigenvalue weighted by Gasteiger charge is -2.20. The molecule has 0 bridgehead atoms. The smallest absolute Gasteiger partial charge is 0.142 e. The molecule has 5 nitrogen and oxygen atoms in total. The first-order valence-corrected chi connectivity index (χ1v) is 8.28.